The summed E-state index contributed by atoms with van der Waals surface area (Å²) in [5, 5.41) is 5.45. The molecule has 2 rings (SSSR count). The topological polar surface area (TPSA) is 88.2 Å². The minimum Gasteiger partial charge on any atom is -0.337 e. The monoisotopic (exact) mass is 347 g/mol. The number of sulfone groups is 1. The summed E-state index contributed by atoms with van der Waals surface area (Å²) < 4.78 is 22.7. The molecule has 1 aromatic heterocycles. The van der Waals surface area contributed by atoms with Crippen molar-refractivity contribution in [2.45, 2.75) is 24.3 Å². The molecular formula is C17H21N3O3S. The minimum atomic E-state index is -3.34. The highest BCUT2D eigenvalue weighted by Crippen LogP contribution is 2.18. The van der Waals surface area contributed by atoms with Crippen molar-refractivity contribution in [3.05, 3.63) is 54.2 Å². The highest BCUT2D eigenvalue weighted by molar-refractivity contribution is 7.90. The third-order valence-corrected chi connectivity index (χ3v) is 4.65. The average molecular weight is 347 g/mol. The van der Waals surface area contributed by atoms with Crippen LogP contribution in [0.1, 0.15) is 24.8 Å². The molecule has 0 radical (unpaired) electrons. The number of carbonyl (C=O) groups is 1. The number of aromatic nitrogens is 1. The van der Waals surface area contributed by atoms with Crippen LogP contribution in [0.3, 0.4) is 0 Å². The fourth-order valence-electron chi connectivity index (χ4n) is 2.29. The van der Waals surface area contributed by atoms with E-state index in [-0.39, 0.29) is 17.0 Å². The quantitative estimate of drug-likeness (QED) is 0.841. The van der Waals surface area contributed by atoms with Crippen LogP contribution in [-0.4, -0.2) is 32.2 Å². The van der Waals surface area contributed by atoms with Crippen LogP contribution in [0.4, 0.5) is 10.5 Å². The lowest BCUT2D eigenvalue weighted by Crippen LogP contribution is -2.32. The summed E-state index contributed by atoms with van der Waals surface area (Å²) >= 11 is 0. The van der Waals surface area contributed by atoms with Gasteiger partial charge in [0.2, 0.25) is 0 Å². The van der Waals surface area contributed by atoms with Crippen molar-refractivity contribution in [3.8, 4) is 0 Å². The Labute approximate surface area is 142 Å². The van der Waals surface area contributed by atoms with Crippen LogP contribution in [0.25, 0.3) is 0 Å². The van der Waals surface area contributed by atoms with Gasteiger partial charge < -0.3 is 10.6 Å². The molecule has 0 saturated carbocycles. The van der Waals surface area contributed by atoms with Crippen molar-refractivity contribution in [1.29, 1.82) is 0 Å². The summed E-state index contributed by atoms with van der Waals surface area (Å²) in [4.78, 5) is 15.8. The number of pyridine rings is 1. The Morgan fingerprint density at radius 3 is 2.42 bits per heavy atom. The zero-order valence-corrected chi connectivity index (χ0v) is 14.5. The predicted octanol–water partition coefficient (Wildman–Crippen LogP) is 2.80. The molecule has 0 aliphatic rings. The number of carbonyl (C=O) groups excluding carboxylic acids is 1. The highest BCUT2D eigenvalue weighted by Gasteiger charge is 2.12. The van der Waals surface area contributed by atoms with Gasteiger partial charge in [0.15, 0.2) is 14.9 Å². The Kier molecular flexibility index (Phi) is 5.92. The number of amides is 2. The molecule has 1 aromatic carbocycles. The van der Waals surface area contributed by atoms with Crippen molar-refractivity contribution < 1.29 is 13.2 Å². The predicted molar refractivity (Wildman–Crippen MR) is 93.8 cm³/mol. The number of hydrogen-bond donors (Lipinski definition) is 2. The van der Waals surface area contributed by atoms with E-state index in [1.807, 2.05) is 30.3 Å². The average Bonchev–Trinajstić information content (AvgIpc) is 2.56. The molecule has 6 nitrogen and oxygen atoms in total. The molecule has 0 aliphatic heterocycles. The second kappa shape index (κ2) is 7.92. The van der Waals surface area contributed by atoms with Gasteiger partial charge in [-0.2, -0.15) is 0 Å². The first-order valence-electron chi connectivity index (χ1n) is 7.66. The molecule has 0 bridgehead atoms. The number of benzene rings is 1. The summed E-state index contributed by atoms with van der Waals surface area (Å²) in [6, 6.07) is 12.5. The number of rotatable bonds is 6. The molecule has 7 heteroatoms. The van der Waals surface area contributed by atoms with E-state index in [9.17, 15) is 13.2 Å². The summed E-state index contributed by atoms with van der Waals surface area (Å²) in [6.45, 7) is 2.59. The molecule has 0 aliphatic carbocycles. The summed E-state index contributed by atoms with van der Waals surface area (Å²) in [5.74, 6) is 0.239. The minimum absolute atomic E-state index is 0.0245. The Bertz CT molecular complexity index is 774. The van der Waals surface area contributed by atoms with Gasteiger partial charge in [-0.15, -0.1) is 0 Å². The molecule has 1 heterocycles. The smallest absolute Gasteiger partial charge is 0.319 e. The molecular weight excluding hydrogens is 326 g/mol. The lowest BCUT2D eigenvalue weighted by molar-refractivity contribution is 0.251. The first kappa shape index (κ1) is 17.9. The highest BCUT2D eigenvalue weighted by atomic mass is 32.2. The number of anilines is 1. The fraction of sp³-hybridized carbons (Fsp3) is 0.294. The van der Waals surface area contributed by atoms with Gasteiger partial charge in [-0.1, -0.05) is 37.3 Å². The fourth-order valence-corrected chi connectivity index (χ4v) is 2.85. The molecule has 128 valence electrons. The number of nitrogens with zero attached hydrogens (tertiary/aromatic N) is 1. The molecule has 2 amide bonds. The summed E-state index contributed by atoms with van der Waals surface area (Å²) in [7, 11) is -3.34. The number of urea groups is 1. The van der Waals surface area contributed by atoms with Crippen molar-refractivity contribution in [1.82, 2.24) is 10.3 Å². The van der Waals surface area contributed by atoms with Gasteiger partial charge in [0.05, 0.1) is 11.9 Å². The first-order valence-corrected chi connectivity index (χ1v) is 9.55. The third-order valence-electron chi connectivity index (χ3n) is 3.65. The molecule has 2 N–H and O–H groups in total. The van der Waals surface area contributed by atoms with E-state index in [1.165, 1.54) is 23.9 Å². The van der Waals surface area contributed by atoms with Crippen molar-refractivity contribution in [3.63, 3.8) is 0 Å². The normalized spacial score (nSPS) is 12.4. The Hall–Kier alpha value is -2.41. The number of nitrogens with one attached hydrogen (secondary N) is 2. The van der Waals surface area contributed by atoms with Gasteiger partial charge in [-0.3, -0.25) is 0 Å². The van der Waals surface area contributed by atoms with Crippen molar-refractivity contribution in [2.75, 3.05) is 18.1 Å². The standard InChI is InChI=1S/C17H21N3O3S/c1-3-13(14-7-5-4-6-8-14)11-19-17(21)20-15-9-10-16(18-12-15)24(2,22)23/h4-10,12-13H,3,11H2,1-2H3,(H2,19,20,21)/t13-/m1/s1. The van der Waals surface area contributed by atoms with E-state index >= 15 is 0 Å². The zero-order valence-electron chi connectivity index (χ0n) is 13.7. The largest absolute Gasteiger partial charge is 0.337 e. The van der Waals surface area contributed by atoms with Crippen LogP contribution in [0.15, 0.2) is 53.7 Å². The lowest BCUT2D eigenvalue weighted by Gasteiger charge is -2.16. The van der Waals surface area contributed by atoms with Gasteiger partial charge in [-0.25, -0.2) is 18.2 Å². The second-order valence-electron chi connectivity index (χ2n) is 5.51. The van der Waals surface area contributed by atoms with Crippen LogP contribution in [-0.2, 0) is 9.84 Å². The molecule has 1 atom stereocenters. The maximum Gasteiger partial charge on any atom is 0.319 e. The molecule has 0 unspecified atom stereocenters. The van der Waals surface area contributed by atoms with Gasteiger partial charge >= 0.3 is 6.03 Å². The lowest BCUT2D eigenvalue weighted by atomic mass is 9.97. The van der Waals surface area contributed by atoms with E-state index in [0.29, 0.717) is 12.2 Å². The molecule has 24 heavy (non-hydrogen) atoms. The third kappa shape index (κ3) is 5.06. The van der Waals surface area contributed by atoms with Crippen molar-refractivity contribution >= 4 is 21.6 Å². The molecule has 0 spiro atoms. The van der Waals surface area contributed by atoms with E-state index in [0.717, 1.165) is 12.7 Å². The summed E-state index contributed by atoms with van der Waals surface area (Å²) in [5.41, 5.74) is 1.62. The second-order valence-corrected chi connectivity index (χ2v) is 7.47. The van der Waals surface area contributed by atoms with Gasteiger partial charge in [0.25, 0.3) is 0 Å². The zero-order chi connectivity index (χ0) is 17.6. The Balaban J connectivity index is 1.91. The van der Waals surface area contributed by atoms with E-state index < -0.39 is 9.84 Å². The van der Waals surface area contributed by atoms with Crippen LogP contribution >= 0.6 is 0 Å². The van der Waals surface area contributed by atoms with Crippen molar-refractivity contribution in [2.24, 2.45) is 0 Å². The van der Waals surface area contributed by atoms with Gasteiger partial charge in [0, 0.05) is 18.7 Å². The van der Waals surface area contributed by atoms with E-state index in [4.69, 9.17) is 0 Å². The van der Waals surface area contributed by atoms with Gasteiger partial charge in [0.1, 0.15) is 0 Å². The Morgan fingerprint density at radius 1 is 1.17 bits per heavy atom. The van der Waals surface area contributed by atoms with E-state index in [2.05, 4.69) is 22.5 Å². The maximum atomic E-state index is 12.0. The molecule has 0 saturated heterocycles. The van der Waals surface area contributed by atoms with Crippen LogP contribution in [0.5, 0.6) is 0 Å². The molecule has 0 fully saturated rings. The van der Waals surface area contributed by atoms with Crippen LogP contribution < -0.4 is 10.6 Å². The maximum absolute atomic E-state index is 12.0. The summed E-state index contributed by atoms with van der Waals surface area (Å²) in [6.07, 6.45) is 3.32. The van der Waals surface area contributed by atoms with Gasteiger partial charge in [-0.05, 0) is 24.1 Å². The SMILES string of the molecule is CC[C@H](CNC(=O)Nc1ccc(S(C)(=O)=O)nc1)c1ccccc1. The Morgan fingerprint density at radius 2 is 1.88 bits per heavy atom. The molecule has 2 aromatic rings. The van der Waals surface area contributed by atoms with E-state index in [1.54, 1.807) is 0 Å². The first-order chi connectivity index (χ1) is 11.4. The van der Waals surface area contributed by atoms with Crippen LogP contribution in [0.2, 0.25) is 0 Å². The number of hydrogen-bond acceptors (Lipinski definition) is 4. The van der Waals surface area contributed by atoms with Crippen LogP contribution in [0, 0.1) is 0 Å².